The molecule has 0 aliphatic carbocycles. The third kappa shape index (κ3) is 3.88. The van der Waals surface area contributed by atoms with Crippen LogP contribution in [-0.4, -0.2) is 54.0 Å². The highest BCUT2D eigenvalue weighted by Gasteiger charge is 2.16. The van der Waals surface area contributed by atoms with Crippen molar-refractivity contribution >= 4 is 60.8 Å². The first-order valence-corrected chi connectivity index (χ1v) is 11.1. The van der Waals surface area contributed by atoms with Gasteiger partial charge in [0.1, 0.15) is 0 Å². The quantitative estimate of drug-likeness (QED) is 0.495. The lowest BCUT2D eigenvalue weighted by molar-refractivity contribution is -0.115. The number of fused-ring (bicyclic) bond motifs is 2. The smallest absolute Gasteiger partial charge is 0.230 e. The van der Waals surface area contributed by atoms with Gasteiger partial charge in [0.15, 0.2) is 5.13 Å². The molecular formula is C22H22ClN5OS. The van der Waals surface area contributed by atoms with E-state index in [0.29, 0.717) is 10.2 Å². The first-order valence-electron chi connectivity index (χ1n) is 9.94. The summed E-state index contributed by atoms with van der Waals surface area (Å²) >= 11 is 7.62. The largest absolute Gasteiger partial charge is 0.369 e. The van der Waals surface area contributed by atoms with Crippen molar-refractivity contribution in [1.82, 2.24) is 14.9 Å². The van der Waals surface area contributed by atoms with E-state index in [1.807, 2.05) is 30.5 Å². The lowest BCUT2D eigenvalue weighted by Crippen LogP contribution is -2.44. The number of aromatic nitrogens is 2. The van der Waals surface area contributed by atoms with Crippen molar-refractivity contribution in [3.63, 3.8) is 0 Å². The average molecular weight is 440 g/mol. The van der Waals surface area contributed by atoms with Crippen LogP contribution in [0, 0.1) is 0 Å². The molecule has 3 heterocycles. The van der Waals surface area contributed by atoms with E-state index in [1.54, 1.807) is 0 Å². The molecule has 0 bridgehead atoms. The van der Waals surface area contributed by atoms with Crippen molar-refractivity contribution in [2.45, 2.75) is 6.42 Å². The van der Waals surface area contributed by atoms with E-state index >= 15 is 0 Å². The summed E-state index contributed by atoms with van der Waals surface area (Å²) < 4.78 is 1.08. The van der Waals surface area contributed by atoms with Gasteiger partial charge in [-0.3, -0.25) is 4.79 Å². The maximum Gasteiger partial charge on any atom is 0.230 e. The van der Waals surface area contributed by atoms with Crippen molar-refractivity contribution in [2.75, 3.05) is 43.4 Å². The molecule has 1 amide bonds. The molecule has 0 atom stereocenters. The van der Waals surface area contributed by atoms with Gasteiger partial charge in [0.05, 0.1) is 16.6 Å². The van der Waals surface area contributed by atoms with Crippen molar-refractivity contribution in [2.24, 2.45) is 0 Å². The van der Waals surface area contributed by atoms with Crippen LogP contribution >= 0.6 is 22.9 Å². The van der Waals surface area contributed by atoms with Gasteiger partial charge in [0.25, 0.3) is 0 Å². The number of halogens is 1. The third-order valence-corrected chi connectivity index (χ3v) is 6.74. The lowest BCUT2D eigenvalue weighted by atomic mass is 10.1. The van der Waals surface area contributed by atoms with Crippen LogP contribution in [0.1, 0.15) is 5.56 Å². The average Bonchev–Trinajstić information content (AvgIpc) is 3.31. The maximum atomic E-state index is 12.6. The number of nitrogens with one attached hydrogen (secondary N) is 2. The highest BCUT2D eigenvalue weighted by Crippen LogP contribution is 2.30. The Morgan fingerprint density at radius 1 is 1.20 bits per heavy atom. The van der Waals surface area contributed by atoms with Gasteiger partial charge >= 0.3 is 0 Å². The zero-order valence-corrected chi connectivity index (χ0v) is 18.2. The Balaban J connectivity index is 1.31. The summed E-state index contributed by atoms with van der Waals surface area (Å²) in [6, 6.07) is 12.0. The number of amides is 1. The second kappa shape index (κ2) is 7.91. The Hall–Kier alpha value is -2.61. The summed E-state index contributed by atoms with van der Waals surface area (Å²) in [4.78, 5) is 25.1. The summed E-state index contributed by atoms with van der Waals surface area (Å²) in [7, 11) is 2.16. The predicted octanol–water partition coefficient (Wildman–Crippen LogP) is 4.36. The number of H-pyrrole nitrogens is 1. The van der Waals surface area contributed by atoms with Crippen LogP contribution in [-0.2, 0) is 11.2 Å². The Morgan fingerprint density at radius 3 is 2.87 bits per heavy atom. The van der Waals surface area contributed by atoms with Crippen molar-refractivity contribution in [1.29, 1.82) is 0 Å². The number of aromatic amines is 1. The van der Waals surface area contributed by atoms with Crippen LogP contribution in [0.3, 0.4) is 0 Å². The molecule has 30 heavy (non-hydrogen) atoms. The lowest BCUT2D eigenvalue weighted by Gasteiger charge is -2.34. The number of carbonyl (C=O) groups excluding carboxylic acids is 1. The summed E-state index contributed by atoms with van der Waals surface area (Å²) in [6.07, 6.45) is 2.13. The topological polar surface area (TPSA) is 64.3 Å². The summed E-state index contributed by atoms with van der Waals surface area (Å²) in [5, 5.41) is 5.21. The van der Waals surface area contributed by atoms with E-state index in [-0.39, 0.29) is 12.3 Å². The zero-order valence-electron chi connectivity index (χ0n) is 16.6. The molecule has 2 aromatic carbocycles. The fourth-order valence-corrected chi connectivity index (χ4v) is 4.95. The minimum absolute atomic E-state index is 0.0887. The Kier molecular flexibility index (Phi) is 5.10. The monoisotopic (exact) mass is 439 g/mol. The number of thiazole rings is 1. The molecule has 8 heteroatoms. The molecule has 6 nitrogen and oxygen atoms in total. The van der Waals surface area contributed by atoms with E-state index < -0.39 is 0 Å². The number of hydrogen-bond acceptors (Lipinski definition) is 5. The number of piperazine rings is 1. The highest BCUT2D eigenvalue weighted by atomic mass is 35.5. The first-order chi connectivity index (χ1) is 14.5. The molecule has 0 spiro atoms. The molecule has 5 rings (SSSR count). The Bertz CT molecular complexity index is 1220. The molecule has 1 aliphatic heterocycles. The fraction of sp³-hybridized carbons (Fsp3) is 0.273. The summed E-state index contributed by atoms with van der Waals surface area (Å²) in [5.41, 5.74) is 4.02. The van der Waals surface area contributed by atoms with Crippen LogP contribution in [0.5, 0.6) is 0 Å². The van der Waals surface area contributed by atoms with Crippen molar-refractivity contribution in [3.8, 4) is 0 Å². The SMILES string of the molecule is CN1CCN(c2ccc3nc(NC(=O)Cc4c[nH]c5ccc(Cl)cc45)sc3c2)CC1. The van der Waals surface area contributed by atoms with E-state index in [0.717, 1.165) is 52.9 Å². The number of nitrogens with zero attached hydrogens (tertiary/aromatic N) is 3. The van der Waals surface area contributed by atoms with Gasteiger partial charge < -0.3 is 20.1 Å². The highest BCUT2D eigenvalue weighted by molar-refractivity contribution is 7.22. The van der Waals surface area contributed by atoms with E-state index in [9.17, 15) is 4.79 Å². The third-order valence-electron chi connectivity index (χ3n) is 5.57. The Morgan fingerprint density at radius 2 is 2.03 bits per heavy atom. The van der Waals surface area contributed by atoms with E-state index in [4.69, 9.17) is 11.6 Å². The van der Waals surface area contributed by atoms with Gasteiger partial charge in [-0.1, -0.05) is 22.9 Å². The number of benzene rings is 2. The molecule has 4 aromatic rings. The molecule has 1 saturated heterocycles. The standard InChI is InChI=1S/C22H22ClN5OS/c1-27-6-8-28(9-7-27)16-3-5-19-20(12-16)30-22(25-19)26-21(29)10-14-13-24-18-4-2-15(23)11-17(14)18/h2-5,11-13,24H,6-10H2,1H3,(H,25,26,29). The molecule has 2 N–H and O–H groups in total. The second-order valence-corrected chi connectivity index (χ2v) is 9.16. The van der Waals surface area contributed by atoms with Crippen LogP contribution < -0.4 is 10.2 Å². The van der Waals surface area contributed by atoms with Crippen LogP contribution in [0.4, 0.5) is 10.8 Å². The van der Waals surface area contributed by atoms with Crippen molar-refractivity contribution in [3.05, 3.63) is 53.2 Å². The number of carbonyl (C=O) groups is 1. The van der Waals surface area contributed by atoms with Crippen LogP contribution in [0.2, 0.25) is 5.02 Å². The van der Waals surface area contributed by atoms with Gasteiger partial charge in [0, 0.05) is 54.0 Å². The molecule has 2 aromatic heterocycles. The van der Waals surface area contributed by atoms with Gasteiger partial charge in [-0.25, -0.2) is 4.98 Å². The minimum Gasteiger partial charge on any atom is -0.369 e. The minimum atomic E-state index is -0.0887. The van der Waals surface area contributed by atoms with E-state index in [2.05, 4.69) is 44.3 Å². The molecule has 1 fully saturated rings. The number of hydrogen-bond donors (Lipinski definition) is 2. The van der Waals surface area contributed by atoms with Gasteiger partial charge in [-0.05, 0) is 49.0 Å². The molecule has 1 aliphatic rings. The predicted molar refractivity (Wildman–Crippen MR) is 125 cm³/mol. The van der Waals surface area contributed by atoms with E-state index in [1.165, 1.54) is 17.0 Å². The number of rotatable bonds is 4. The summed E-state index contributed by atoms with van der Waals surface area (Å²) in [5.74, 6) is -0.0887. The fourth-order valence-electron chi connectivity index (χ4n) is 3.86. The molecule has 0 unspecified atom stereocenters. The summed E-state index contributed by atoms with van der Waals surface area (Å²) in [6.45, 7) is 4.19. The zero-order chi connectivity index (χ0) is 20.7. The van der Waals surface area contributed by atoms with Crippen LogP contribution in [0.25, 0.3) is 21.1 Å². The molecule has 154 valence electrons. The van der Waals surface area contributed by atoms with Gasteiger partial charge in [0.2, 0.25) is 5.91 Å². The maximum absolute atomic E-state index is 12.6. The molecule has 0 saturated carbocycles. The van der Waals surface area contributed by atoms with Gasteiger partial charge in [-0.15, -0.1) is 0 Å². The molecule has 0 radical (unpaired) electrons. The number of likely N-dealkylation sites (N-methyl/N-ethyl adjacent to an activating group) is 1. The number of anilines is 2. The van der Waals surface area contributed by atoms with Crippen molar-refractivity contribution < 1.29 is 4.79 Å². The Labute approximate surface area is 183 Å². The molecular weight excluding hydrogens is 418 g/mol. The first kappa shape index (κ1) is 19.4. The van der Waals surface area contributed by atoms with Crippen LogP contribution in [0.15, 0.2) is 42.6 Å². The normalized spacial score (nSPS) is 15.2. The van der Waals surface area contributed by atoms with Gasteiger partial charge in [-0.2, -0.15) is 0 Å². The second-order valence-electron chi connectivity index (χ2n) is 7.69.